The van der Waals surface area contributed by atoms with Crippen molar-refractivity contribution < 1.29 is 39.8 Å². The molecule has 0 saturated carbocycles. The fraction of sp³-hybridized carbons (Fsp3) is 0.588. The normalized spacial score (nSPS) is 30.8. The van der Waals surface area contributed by atoms with E-state index in [9.17, 15) is 25.2 Å². The predicted molar refractivity (Wildman–Crippen MR) is 85.7 cm³/mol. The van der Waals surface area contributed by atoms with Gasteiger partial charge in [-0.2, -0.15) is 0 Å². The van der Waals surface area contributed by atoms with Crippen molar-refractivity contribution in [3.8, 4) is 0 Å². The van der Waals surface area contributed by atoms with E-state index in [4.69, 9.17) is 14.6 Å². The van der Waals surface area contributed by atoms with E-state index < -0.39 is 49.4 Å². The molecule has 0 radical (unpaired) electrons. The number of aliphatic hydroxyl groups is 4. The summed E-state index contributed by atoms with van der Waals surface area (Å²) in [5.41, 5.74) is 1.01. The van der Waals surface area contributed by atoms with Crippen molar-refractivity contribution in [3.63, 3.8) is 0 Å². The number of aryl methyl sites for hydroxylation is 1. The molecule has 1 saturated heterocycles. The summed E-state index contributed by atoms with van der Waals surface area (Å²) in [6.45, 7) is -0.571. The topological polar surface area (TPSA) is 137 Å². The molecule has 6 atom stereocenters. The Labute approximate surface area is 145 Å². The number of carboxylic acid groups (broad SMARTS) is 1. The van der Waals surface area contributed by atoms with Crippen molar-refractivity contribution in [2.24, 2.45) is 0 Å². The molecule has 1 fully saturated rings. The van der Waals surface area contributed by atoms with Gasteiger partial charge in [-0.05, 0) is 18.4 Å². The third-order valence-corrected chi connectivity index (χ3v) is 4.18. The first-order valence-corrected chi connectivity index (χ1v) is 8.14. The highest BCUT2D eigenvalue weighted by atomic mass is 16.7. The van der Waals surface area contributed by atoms with Gasteiger partial charge in [-0.15, -0.1) is 0 Å². The van der Waals surface area contributed by atoms with Crippen LogP contribution in [0.15, 0.2) is 30.3 Å². The second-order valence-electron chi connectivity index (χ2n) is 6.08. The van der Waals surface area contributed by atoms with Crippen molar-refractivity contribution in [3.05, 3.63) is 35.9 Å². The average Bonchev–Trinajstić information content (AvgIpc) is 2.60. The zero-order chi connectivity index (χ0) is 18.4. The van der Waals surface area contributed by atoms with Gasteiger partial charge in [0.1, 0.15) is 24.4 Å². The number of hydrogen-bond acceptors (Lipinski definition) is 7. The molecule has 0 aromatic heterocycles. The largest absolute Gasteiger partial charge is 0.481 e. The predicted octanol–water partition coefficient (Wildman–Crippen LogP) is -0.721. The summed E-state index contributed by atoms with van der Waals surface area (Å²) in [5, 5.41) is 47.8. The summed E-state index contributed by atoms with van der Waals surface area (Å²) < 4.78 is 10.8. The highest BCUT2D eigenvalue weighted by Gasteiger charge is 2.44. The SMILES string of the molecule is O=C(O)C[C@@H](CCc1ccccc1)O[C@H]1O[C@@H](CO)[C@H](O)[C@@H](O)[C@@H]1O. The van der Waals surface area contributed by atoms with Crippen LogP contribution < -0.4 is 0 Å². The Morgan fingerprint density at radius 3 is 2.40 bits per heavy atom. The van der Waals surface area contributed by atoms with E-state index in [0.29, 0.717) is 12.8 Å². The zero-order valence-electron chi connectivity index (χ0n) is 13.6. The van der Waals surface area contributed by atoms with Crippen LogP contribution in [0, 0.1) is 0 Å². The number of carboxylic acids is 1. The Kier molecular flexibility index (Phi) is 7.30. The highest BCUT2D eigenvalue weighted by molar-refractivity contribution is 5.67. The van der Waals surface area contributed by atoms with Crippen molar-refractivity contribution >= 4 is 5.97 Å². The van der Waals surface area contributed by atoms with E-state index in [1.807, 2.05) is 30.3 Å². The molecule has 1 aliphatic rings. The second-order valence-corrected chi connectivity index (χ2v) is 6.08. The summed E-state index contributed by atoms with van der Waals surface area (Å²) in [5.74, 6) is -1.07. The minimum absolute atomic E-state index is 0.304. The Morgan fingerprint density at radius 1 is 1.12 bits per heavy atom. The Morgan fingerprint density at radius 2 is 1.80 bits per heavy atom. The van der Waals surface area contributed by atoms with Crippen LogP contribution in [0.3, 0.4) is 0 Å². The number of rotatable bonds is 8. The van der Waals surface area contributed by atoms with E-state index >= 15 is 0 Å². The van der Waals surface area contributed by atoms with Gasteiger partial charge in [0.05, 0.1) is 19.1 Å². The molecule has 1 aromatic rings. The van der Waals surface area contributed by atoms with Gasteiger partial charge < -0.3 is 35.0 Å². The van der Waals surface area contributed by atoms with Crippen LogP contribution in [-0.2, 0) is 20.7 Å². The van der Waals surface area contributed by atoms with Gasteiger partial charge in [0.2, 0.25) is 0 Å². The lowest BCUT2D eigenvalue weighted by Crippen LogP contribution is -2.59. The first-order chi connectivity index (χ1) is 11.9. The monoisotopic (exact) mass is 356 g/mol. The third kappa shape index (κ3) is 5.46. The van der Waals surface area contributed by atoms with Gasteiger partial charge in [-0.25, -0.2) is 0 Å². The summed E-state index contributed by atoms with van der Waals surface area (Å²) in [4.78, 5) is 11.1. The van der Waals surface area contributed by atoms with Gasteiger partial charge >= 0.3 is 5.97 Å². The molecule has 0 unspecified atom stereocenters. The van der Waals surface area contributed by atoms with Crippen LogP contribution in [0.4, 0.5) is 0 Å². The molecule has 8 heteroatoms. The summed E-state index contributed by atoms with van der Waals surface area (Å²) >= 11 is 0. The second kappa shape index (κ2) is 9.23. The molecule has 0 amide bonds. The average molecular weight is 356 g/mol. The number of aliphatic hydroxyl groups excluding tert-OH is 4. The molecule has 1 aromatic carbocycles. The maximum atomic E-state index is 11.1. The molecular weight excluding hydrogens is 332 g/mol. The first kappa shape index (κ1) is 19.8. The van der Waals surface area contributed by atoms with Gasteiger partial charge in [-0.3, -0.25) is 4.79 Å². The molecule has 1 heterocycles. The Bertz CT molecular complexity index is 535. The fourth-order valence-corrected chi connectivity index (χ4v) is 2.75. The lowest BCUT2D eigenvalue weighted by Gasteiger charge is -2.40. The molecule has 0 spiro atoms. The van der Waals surface area contributed by atoms with E-state index in [1.54, 1.807) is 0 Å². The number of aliphatic carboxylic acids is 1. The lowest BCUT2D eigenvalue weighted by atomic mass is 9.99. The quantitative estimate of drug-likeness (QED) is 0.412. The van der Waals surface area contributed by atoms with E-state index in [1.165, 1.54) is 0 Å². The zero-order valence-corrected chi connectivity index (χ0v) is 13.6. The maximum absolute atomic E-state index is 11.1. The molecule has 0 aliphatic carbocycles. The van der Waals surface area contributed by atoms with Crippen LogP contribution in [0.25, 0.3) is 0 Å². The molecule has 8 nitrogen and oxygen atoms in total. The smallest absolute Gasteiger partial charge is 0.305 e. The lowest BCUT2D eigenvalue weighted by molar-refractivity contribution is -0.311. The van der Waals surface area contributed by atoms with Crippen LogP contribution in [0.1, 0.15) is 18.4 Å². The van der Waals surface area contributed by atoms with Crippen LogP contribution >= 0.6 is 0 Å². The summed E-state index contributed by atoms with van der Waals surface area (Å²) in [7, 11) is 0. The third-order valence-electron chi connectivity index (χ3n) is 4.18. The number of benzene rings is 1. The maximum Gasteiger partial charge on any atom is 0.305 e. The molecule has 2 rings (SSSR count). The minimum atomic E-state index is -1.56. The molecule has 1 aliphatic heterocycles. The summed E-state index contributed by atoms with van der Waals surface area (Å²) in [6, 6.07) is 9.44. The van der Waals surface area contributed by atoms with Gasteiger partial charge in [0, 0.05) is 0 Å². The number of ether oxygens (including phenoxy) is 2. The molecule has 25 heavy (non-hydrogen) atoms. The van der Waals surface area contributed by atoms with Crippen LogP contribution in [0.2, 0.25) is 0 Å². The van der Waals surface area contributed by atoms with E-state index in [-0.39, 0.29) is 6.42 Å². The Hall–Kier alpha value is -1.55. The van der Waals surface area contributed by atoms with E-state index in [0.717, 1.165) is 5.56 Å². The van der Waals surface area contributed by atoms with Crippen molar-refractivity contribution in [2.45, 2.75) is 56.1 Å². The molecule has 0 bridgehead atoms. The number of carbonyl (C=O) groups is 1. The van der Waals surface area contributed by atoms with Crippen molar-refractivity contribution in [1.82, 2.24) is 0 Å². The van der Waals surface area contributed by atoms with Crippen molar-refractivity contribution in [2.75, 3.05) is 6.61 Å². The molecule has 5 N–H and O–H groups in total. The first-order valence-electron chi connectivity index (χ1n) is 8.14. The fourth-order valence-electron chi connectivity index (χ4n) is 2.75. The highest BCUT2D eigenvalue weighted by Crippen LogP contribution is 2.24. The van der Waals surface area contributed by atoms with E-state index in [2.05, 4.69) is 0 Å². The molecule has 140 valence electrons. The van der Waals surface area contributed by atoms with Gasteiger partial charge in [0.25, 0.3) is 0 Å². The summed E-state index contributed by atoms with van der Waals surface area (Å²) in [6.07, 6.45) is -7.16. The number of hydrogen-bond donors (Lipinski definition) is 5. The van der Waals surface area contributed by atoms with Crippen LogP contribution in [-0.4, -0.2) is 74.9 Å². The van der Waals surface area contributed by atoms with Gasteiger partial charge in [-0.1, -0.05) is 30.3 Å². The van der Waals surface area contributed by atoms with Crippen molar-refractivity contribution in [1.29, 1.82) is 0 Å². The molecular formula is C17H24O8. The Balaban J connectivity index is 2.01. The van der Waals surface area contributed by atoms with Crippen LogP contribution in [0.5, 0.6) is 0 Å². The van der Waals surface area contributed by atoms with Gasteiger partial charge in [0.15, 0.2) is 6.29 Å². The minimum Gasteiger partial charge on any atom is -0.481 e. The standard InChI is InChI=1S/C17H24O8/c18-9-12-14(21)15(22)16(23)17(25-12)24-11(8-13(19)20)7-6-10-4-2-1-3-5-10/h1-5,11-12,14-18,21-23H,6-9H2,(H,19,20)/t11-,12+,14+,15-,16+,17+/m1/s1.